The highest BCUT2D eigenvalue weighted by Crippen LogP contribution is 2.07. The van der Waals surface area contributed by atoms with E-state index in [1.54, 1.807) is 0 Å². The summed E-state index contributed by atoms with van der Waals surface area (Å²) in [5.41, 5.74) is 0. The lowest BCUT2D eigenvalue weighted by Gasteiger charge is -1.96. The summed E-state index contributed by atoms with van der Waals surface area (Å²) in [6.45, 7) is 4.19. The number of nitriles is 1. The molecule has 1 aromatic heterocycles. The Kier molecular flexibility index (Phi) is 3.44. The van der Waals surface area contributed by atoms with Crippen LogP contribution < -0.4 is 0 Å². The first-order valence-electron chi connectivity index (χ1n) is 4.40. The number of nitrogens with zero attached hydrogens (tertiary/aromatic N) is 3. The van der Waals surface area contributed by atoms with Gasteiger partial charge < -0.3 is 4.42 Å². The topological polar surface area (TPSA) is 62.7 Å². The van der Waals surface area contributed by atoms with Gasteiger partial charge in [-0.1, -0.05) is 13.8 Å². The minimum absolute atomic E-state index is 0.434. The summed E-state index contributed by atoms with van der Waals surface area (Å²) in [5.74, 6) is 1.75. The van der Waals surface area contributed by atoms with Gasteiger partial charge in [-0.25, -0.2) is 0 Å². The minimum atomic E-state index is 0.434. The van der Waals surface area contributed by atoms with Gasteiger partial charge in [-0.3, -0.25) is 0 Å². The molecule has 0 spiro atoms. The summed E-state index contributed by atoms with van der Waals surface area (Å²) in [4.78, 5) is 0. The Morgan fingerprint density at radius 3 is 2.69 bits per heavy atom. The van der Waals surface area contributed by atoms with Crippen LogP contribution in [0, 0.1) is 17.2 Å². The second-order valence-electron chi connectivity index (χ2n) is 3.35. The maximum atomic E-state index is 8.34. The first kappa shape index (κ1) is 9.72. The Morgan fingerprint density at radius 1 is 1.38 bits per heavy atom. The van der Waals surface area contributed by atoms with Gasteiger partial charge in [0.05, 0.1) is 6.07 Å². The molecule has 0 aliphatic rings. The van der Waals surface area contributed by atoms with Crippen molar-refractivity contribution in [2.75, 3.05) is 0 Å². The Labute approximate surface area is 77.6 Å². The maximum Gasteiger partial charge on any atom is 0.217 e. The molecule has 0 amide bonds. The molecule has 0 bridgehead atoms. The van der Waals surface area contributed by atoms with Crippen molar-refractivity contribution in [3.8, 4) is 6.07 Å². The van der Waals surface area contributed by atoms with Crippen molar-refractivity contribution in [3.05, 3.63) is 11.8 Å². The molecule has 4 heteroatoms. The zero-order valence-electron chi connectivity index (χ0n) is 7.95. The van der Waals surface area contributed by atoms with E-state index in [0.29, 0.717) is 30.5 Å². The lowest BCUT2D eigenvalue weighted by molar-refractivity contribution is 0.426. The van der Waals surface area contributed by atoms with Crippen molar-refractivity contribution < 1.29 is 4.42 Å². The van der Waals surface area contributed by atoms with Gasteiger partial charge in [0.2, 0.25) is 11.8 Å². The Hall–Kier alpha value is -1.37. The summed E-state index contributed by atoms with van der Waals surface area (Å²) in [6, 6.07) is 2.04. The number of hydrogen-bond acceptors (Lipinski definition) is 4. The van der Waals surface area contributed by atoms with Crippen LogP contribution in [0.5, 0.6) is 0 Å². The fourth-order valence-electron chi connectivity index (χ4n) is 0.984. The van der Waals surface area contributed by atoms with Gasteiger partial charge >= 0.3 is 0 Å². The molecule has 0 N–H and O–H groups in total. The van der Waals surface area contributed by atoms with Gasteiger partial charge in [-0.2, -0.15) is 5.26 Å². The third-order valence-electron chi connectivity index (χ3n) is 1.54. The molecule has 13 heavy (non-hydrogen) atoms. The lowest BCUT2D eigenvalue weighted by Crippen LogP contribution is -1.93. The van der Waals surface area contributed by atoms with E-state index < -0.39 is 0 Å². The van der Waals surface area contributed by atoms with Crippen molar-refractivity contribution in [1.82, 2.24) is 10.2 Å². The van der Waals surface area contributed by atoms with Crippen LogP contribution in [-0.4, -0.2) is 10.2 Å². The summed E-state index contributed by atoms with van der Waals surface area (Å²) in [7, 11) is 0. The molecular formula is C9H13N3O. The SMILES string of the molecule is CC(C)Cc1nnc(CCC#N)o1. The quantitative estimate of drug-likeness (QED) is 0.706. The van der Waals surface area contributed by atoms with Crippen LogP contribution in [0.15, 0.2) is 4.42 Å². The van der Waals surface area contributed by atoms with Crippen molar-refractivity contribution in [2.24, 2.45) is 5.92 Å². The van der Waals surface area contributed by atoms with Gasteiger partial charge in [0.15, 0.2) is 0 Å². The summed E-state index contributed by atoms with van der Waals surface area (Å²) < 4.78 is 5.32. The molecule has 1 aromatic rings. The lowest BCUT2D eigenvalue weighted by atomic mass is 10.1. The van der Waals surface area contributed by atoms with Crippen LogP contribution in [0.1, 0.15) is 32.0 Å². The molecule has 0 atom stereocenters. The van der Waals surface area contributed by atoms with Crippen LogP contribution in [0.3, 0.4) is 0 Å². The standard InChI is InChI=1S/C9H13N3O/c1-7(2)6-9-12-11-8(13-9)4-3-5-10/h7H,3-4,6H2,1-2H3. The van der Waals surface area contributed by atoms with Gasteiger partial charge in [-0.15, -0.1) is 10.2 Å². The molecule has 0 fully saturated rings. The summed E-state index contributed by atoms with van der Waals surface area (Å²) >= 11 is 0. The summed E-state index contributed by atoms with van der Waals surface area (Å²) in [6.07, 6.45) is 1.80. The molecule has 1 heterocycles. The van der Waals surface area contributed by atoms with E-state index in [0.717, 1.165) is 6.42 Å². The molecule has 4 nitrogen and oxygen atoms in total. The smallest absolute Gasteiger partial charge is 0.217 e. The van der Waals surface area contributed by atoms with Crippen LogP contribution in [0.4, 0.5) is 0 Å². The molecule has 70 valence electrons. The summed E-state index contributed by atoms with van der Waals surface area (Å²) in [5, 5.41) is 16.1. The fraction of sp³-hybridized carbons (Fsp3) is 0.667. The average molecular weight is 179 g/mol. The molecule has 1 rings (SSSR count). The predicted octanol–water partition coefficient (Wildman–Crippen LogP) is 1.72. The van der Waals surface area contributed by atoms with Gasteiger partial charge in [-0.05, 0) is 5.92 Å². The Morgan fingerprint density at radius 2 is 2.08 bits per heavy atom. The molecule has 0 unspecified atom stereocenters. The van der Waals surface area contributed by atoms with Crippen LogP contribution in [0.25, 0.3) is 0 Å². The molecule has 0 radical (unpaired) electrons. The van der Waals surface area contributed by atoms with E-state index in [1.165, 1.54) is 0 Å². The first-order chi connectivity index (χ1) is 6.22. The predicted molar refractivity (Wildman–Crippen MR) is 46.8 cm³/mol. The second-order valence-corrected chi connectivity index (χ2v) is 3.35. The van der Waals surface area contributed by atoms with Crippen LogP contribution in [-0.2, 0) is 12.8 Å². The van der Waals surface area contributed by atoms with Gasteiger partial charge in [0.1, 0.15) is 0 Å². The van der Waals surface area contributed by atoms with Crippen molar-refractivity contribution in [2.45, 2.75) is 33.1 Å². The average Bonchev–Trinajstić information content (AvgIpc) is 2.48. The first-order valence-corrected chi connectivity index (χ1v) is 4.40. The number of aryl methyl sites for hydroxylation is 1. The van der Waals surface area contributed by atoms with E-state index in [2.05, 4.69) is 24.0 Å². The molecule has 0 aliphatic heterocycles. The monoisotopic (exact) mass is 179 g/mol. The molecule has 0 aromatic carbocycles. The number of aromatic nitrogens is 2. The Bertz CT molecular complexity index is 298. The van der Waals surface area contributed by atoms with E-state index in [1.807, 2.05) is 6.07 Å². The van der Waals surface area contributed by atoms with Crippen molar-refractivity contribution >= 4 is 0 Å². The van der Waals surface area contributed by atoms with Crippen LogP contribution >= 0.6 is 0 Å². The zero-order valence-corrected chi connectivity index (χ0v) is 7.95. The van der Waals surface area contributed by atoms with E-state index in [9.17, 15) is 0 Å². The molecular weight excluding hydrogens is 166 g/mol. The fourth-order valence-corrected chi connectivity index (χ4v) is 0.984. The van der Waals surface area contributed by atoms with Crippen LogP contribution in [0.2, 0.25) is 0 Å². The van der Waals surface area contributed by atoms with E-state index >= 15 is 0 Å². The number of rotatable bonds is 4. The largest absolute Gasteiger partial charge is 0.425 e. The third kappa shape index (κ3) is 3.24. The highest BCUT2D eigenvalue weighted by atomic mass is 16.4. The van der Waals surface area contributed by atoms with E-state index in [4.69, 9.17) is 9.68 Å². The Balaban J connectivity index is 2.49. The maximum absolute atomic E-state index is 8.34. The number of hydrogen-bond donors (Lipinski definition) is 0. The van der Waals surface area contributed by atoms with Crippen molar-refractivity contribution in [1.29, 1.82) is 5.26 Å². The van der Waals surface area contributed by atoms with Crippen molar-refractivity contribution in [3.63, 3.8) is 0 Å². The third-order valence-corrected chi connectivity index (χ3v) is 1.54. The molecule has 0 aliphatic carbocycles. The van der Waals surface area contributed by atoms with E-state index in [-0.39, 0.29) is 0 Å². The second kappa shape index (κ2) is 4.61. The molecule has 0 saturated carbocycles. The highest BCUT2D eigenvalue weighted by Gasteiger charge is 2.06. The van der Waals surface area contributed by atoms with Gasteiger partial charge in [0.25, 0.3) is 0 Å². The normalized spacial score (nSPS) is 10.3. The minimum Gasteiger partial charge on any atom is -0.425 e. The van der Waals surface area contributed by atoms with Gasteiger partial charge in [0, 0.05) is 19.3 Å². The molecule has 0 saturated heterocycles. The zero-order chi connectivity index (χ0) is 9.68. The highest BCUT2D eigenvalue weighted by molar-refractivity contribution is 4.86.